The summed E-state index contributed by atoms with van der Waals surface area (Å²) in [5.74, 6) is 0. The summed E-state index contributed by atoms with van der Waals surface area (Å²) in [5, 5.41) is 0. The van der Waals surface area contributed by atoms with E-state index >= 15 is 0 Å². The average Bonchev–Trinajstić information content (AvgIpc) is 2.42. The summed E-state index contributed by atoms with van der Waals surface area (Å²) in [6.45, 7) is 11.9. The summed E-state index contributed by atoms with van der Waals surface area (Å²) in [4.78, 5) is 0. The Labute approximate surface area is 142 Å². The Morgan fingerprint density at radius 1 is 0.870 bits per heavy atom. The lowest BCUT2D eigenvalue weighted by Gasteiger charge is -2.40. The lowest BCUT2D eigenvalue weighted by molar-refractivity contribution is -0.145. The van der Waals surface area contributed by atoms with Gasteiger partial charge >= 0.3 is 0 Å². The van der Waals surface area contributed by atoms with E-state index in [4.69, 9.17) is 10.5 Å². The second-order valence-electron chi connectivity index (χ2n) is 8.35. The molecule has 4 heteroatoms. The SMILES string of the molecule is CCCCCCCCCC(OC(C)(C)[C@H](N)C(F)F)C(C)(C)C. The molecular weight excluding hydrogens is 296 g/mol. The van der Waals surface area contributed by atoms with E-state index in [9.17, 15) is 8.78 Å². The Morgan fingerprint density at radius 3 is 1.78 bits per heavy atom. The largest absolute Gasteiger partial charge is 0.370 e. The Bertz CT molecular complexity index is 300. The van der Waals surface area contributed by atoms with Gasteiger partial charge in [-0.3, -0.25) is 0 Å². The van der Waals surface area contributed by atoms with Crippen LogP contribution in [0.5, 0.6) is 0 Å². The van der Waals surface area contributed by atoms with Crippen LogP contribution < -0.4 is 5.73 Å². The third kappa shape index (κ3) is 9.61. The standard InChI is InChI=1S/C19H39F2NO/c1-7-8-9-10-11-12-13-14-15(18(2,3)4)23-19(5,6)16(22)17(20)21/h15-17H,7-14,22H2,1-6H3/t15?,16-/m1/s1. The number of hydrogen-bond acceptors (Lipinski definition) is 2. The van der Waals surface area contributed by atoms with Gasteiger partial charge in [-0.2, -0.15) is 0 Å². The van der Waals surface area contributed by atoms with Crippen LogP contribution in [0.3, 0.4) is 0 Å². The fourth-order valence-corrected chi connectivity index (χ4v) is 2.70. The van der Waals surface area contributed by atoms with Crippen molar-refractivity contribution in [2.24, 2.45) is 11.1 Å². The highest BCUT2D eigenvalue weighted by Gasteiger charge is 2.39. The number of unbranched alkanes of at least 4 members (excludes halogenated alkanes) is 6. The van der Waals surface area contributed by atoms with Gasteiger partial charge in [-0.1, -0.05) is 72.6 Å². The van der Waals surface area contributed by atoms with E-state index < -0.39 is 18.1 Å². The van der Waals surface area contributed by atoms with Gasteiger partial charge in [0.15, 0.2) is 0 Å². The molecular formula is C19H39F2NO. The fourth-order valence-electron chi connectivity index (χ4n) is 2.70. The maximum absolute atomic E-state index is 12.9. The third-order valence-corrected chi connectivity index (χ3v) is 4.56. The molecule has 0 aromatic heterocycles. The van der Waals surface area contributed by atoms with Gasteiger partial charge in [-0.05, 0) is 25.7 Å². The maximum Gasteiger partial charge on any atom is 0.256 e. The number of hydrogen-bond donors (Lipinski definition) is 1. The highest BCUT2D eigenvalue weighted by Crippen LogP contribution is 2.32. The first kappa shape index (κ1) is 22.8. The molecule has 2 atom stereocenters. The fraction of sp³-hybridized carbons (Fsp3) is 1.00. The molecule has 0 fully saturated rings. The van der Waals surface area contributed by atoms with E-state index in [1.807, 2.05) is 0 Å². The third-order valence-electron chi connectivity index (χ3n) is 4.56. The Morgan fingerprint density at radius 2 is 1.35 bits per heavy atom. The highest BCUT2D eigenvalue weighted by molar-refractivity contribution is 4.88. The quantitative estimate of drug-likeness (QED) is 0.449. The first-order valence-corrected chi connectivity index (χ1v) is 9.24. The van der Waals surface area contributed by atoms with Crippen molar-refractivity contribution >= 4 is 0 Å². The van der Waals surface area contributed by atoms with Gasteiger partial charge in [0.1, 0.15) is 0 Å². The lowest BCUT2D eigenvalue weighted by atomic mass is 9.84. The van der Waals surface area contributed by atoms with Crippen LogP contribution in [0.15, 0.2) is 0 Å². The minimum absolute atomic E-state index is 0.0575. The minimum Gasteiger partial charge on any atom is -0.370 e. The van der Waals surface area contributed by atoms with Gasteiger partial charge in [0, 0.05) is 0 Å². The van der Waals surface area contributed by atoms with Gasteiger partial charge in [0.05, 0.1) is 17.7 Å². The van der Waals surface area contributed by atoms with Crippen LogP contribution in [0.4, 0.5) is 8.78 Å². The van der Waals surface area contributed by atoms with Gasteiger partial charge in [-0.15, -0.1) is 0 Å². The molecule has 0 aromatic rings. The summed E-state index contributed by atoms with van der Waals surface area (Å²) in [6, 6.07) is -1.26. The van der Waals surface area contributed by atoms with E-state index in [1.165, 1.54) is 38.5 Å². The molecule has 0 aliphatic heterocycles. The first-order chi connectivity index (χ1) is 10.5. The number of nitrogens with two attached hydrogens (primary N) is 1. The van der Waals surface area contributed by atoms with Crippen LogP contribution in [-0.4, -0.2) is 24.2 Å². The van der Waals surface area contributed by atoms with E-state index in [1.54, 1.807) is 13.8 Å². The van der Waals surface area contributed by atoms with Crippen molar-refractivity contribution in [3.63, 3.8) is 0 Å². The van der Waals surface area contributed by atoms with Crippen molar-refractivity contribution < 1.29 is 13.5 Å². The van der Waals surface area contributed by atoms with Crippen LogP contribution in [0, 0.1) is 5.41 Å². The average molecular weight is 336 g/mol. The topological polar surface area (TPSA) is 35.2 Å². The van der Waals surface area contributed by atoms with Crippen LogP contribution in [0.25, 0.3) is 0 Å². The number of halogens is 2. The molecule has 2 nitrogen and oxygen atoms in total. The molecule has 23 heavy (non-hydrogen) atoms. The molecule has 140 valence electrons. The first-order valence-electron chi connectivity index (χ1n) is 9.24. The monoisotopic (exact) mass is 335 g/mol. The Balaban J connectivity index is 4.39. The second-order valence-corrected chi connectivity index (χ2v) is 8.35. The molecule has 0 aromatic carbocycles. The van der Waals surface area contributed by atoms with Gasteiger partial charge in [0.2, 0.25) is 0 Å². The van der Waals surface area contributed by atoms with E-state index in [0.29, 0.717) is 0 Å². The number of rotatable bonds is 12. The summed E-state index contributed by atoms with van der Waals surface area (Å²) >= 11 is 0. The Hall–Kier alpha value is -0.220. The molecule has 1 unspecified atom stereocenters. The molecule has 0 rings (SSSR count). The smallest absolute Gasteiger partial charge is 0.256 e. The number of alkyl halides is 2. The van der Waals surface area contributed by atoms with Crippen LogP contribution in [0.1, 0.15) is 92.9 Å². The maximum atomic E-state index is 12.9. The van der Waals surface area contributed by atoms with E-state index in [0.717, 1.165) is 12.8 Å². The van der Waals surface area contributed by atoms with Crippen molar-refractivity contribution in [3.05, 3.63) is 0 Å². The van der Waals surface area contributed by atoms with Crippen molar-refractivity contribution in [2.45, 2.75) is 117 Å². The molecule has 0 saturated heterocycles. The van der Waals surface area contributed by atoms with Crippen LogP contribution in [-0.2, 0) is 4.74 Å². The Kier molecular flexibility index (Phi) is 10.5. The molecule has 0 aliphatic rings. The van der Waals surface area contributed by atoms with Crippen molar-refractivity contribution in [3.8, 4) is 0 Å². The van der Waals surface area contributed by atoms with Crippen LogP contribution >= 0.6 is 0 Å². The summed E-state index contributed by atoms with van der Waals surface area (Å²) in [7, 11) is 0. The van der Waals surface area contributed by atoms with Crippen LogP contribution in [0.2, 0.25) is 0 Å². The van der Waals surface area contributed by atoms with E-state index in [-0.39, 0.29) is 11.5 Å². The van der Waals surface area contributed by atoms with Gasteiger partial charge in [-0.25, -0.2) is 8.78 Å². The zero-order valence-corrected chi connectivity index (χ0v) is 16.1. The molecule has 0 aliphatic carbocycles. The van der Waals surface area contributed by atoms with Crippen molar-refractivity contribution in [1.82, 2.24) is 0 Å². The molecule has 0 spiro atoms. The predicted molar refractivity (Wildman–Crippen MR) is 95.0 cm³/mol. The summed E-state index contributed by atoms with van der Waals surface area (Å²) in [6.07, 6.45) is 6.96. The minimum atomic E-state index is -2.57. The zero-order chi connectivity index (χ0) is 18.1. The predicted octanol–water partition coefficient (Wildman–Crippen LogP) is 5.93. The number of ether oxygens (including phenoxy) is 1. The zero-order valence-electron chi connectivity index (χ0n) is 16.1. The summed E-state index contributed by atoms with van der Waals surface area (Å²) < 4.78 is 31.9. The molecule has 0 saturated carbocycles. The van der Waals surface area contributed by atoms with Crippen molar-refractivity contribution in [2.75, 3.05) is 0 Å². The molecule has 0 bridgehead atoms. The molecule has 2 N–H and O–H groups in total. The molecule has 0 amide bonds. The second kappa shape index (κ2) is 10.6. The van der Waals surface area contributed by atoms with Crippen molar-refractivity contribution in [1.29, 1.82) is 0 Å². The summed E-state index contributed by atoms with van der Waals surface area (Å²) in [5.41, 5.74) is 4.53. The van der Waals surface area contributed by atoms with E-state index in [2.05, 4.69) is 27.7 Å². The van der Waals surface area contributed by atoms with Gasteiger partial charge in [0.25, 0.3) is 6.43 Å². The molecule has 0 radical (unpaired) electrons. The molecule has 0 heterocycles. The van der Waals surface area contributed by atoms with Gasteiger partial charge < -0.3 is 10.5 Å². The normalized spacial score (nSPS) is 15.9. The highest BCUT2D eigenvalue weighted by atomic mass is 19.3. The lowest BCUT2D eigenvalue weighted by Crippen LogP contribution is -2.53.